The summed E-state index contributed by atoms with van der Waals surface area (Å²) in [4.78, 5) is 25.1. The van der Waals surface area contributed by atoms with Crippen LogP contribution in [0, 0.1) is 5.82 Å². The first-order valence-electron chi connectivity index (χ1n) is 17.4. The molecule has 0 amide bonds. The molecule has 0 aliphatic carbocycles. The molecule has 264 valence electrons. The van der Waals surface area contributed by atoms with Gasteiger partial charge in [0, 0.05) is 48.5 Å². The van der Waals surface area contributed by atoms with E-state index in [9.17, 15) is 9.18 Å². The van der Waals surface area contributed by atoms with Gasteiger partial charge in [-0.25, -0.2) is 19.2 Å². The first kappa shape index (κ1) is 34.1. The topological polar surface area (TPSA) is 106 Å². The highest BCUT2D eigenvalue weighted by Gasteiger charge is 2.27. The number of nitrogens with zero attached hydrogens (tertiary/aromatic N) is 6. The molecule has 0 saturated carbocycles. The van der Waals surface area contributed by atoms with Gasteiger partial charge in [0.25, 0.3) is 0 Å². The summed E-state index contributed by atoms with van der Waals surface area (Å²) in [6.07, 6.45) is 4.87. The number of carbonyl (C=O) groups excluding carboxylic acids is 1. The molecule has 5 aromatic rings. The van der Waals surface area contributed by atoms with E-state index in [1.165, 1.54) is 6.07 Å². The van der Waals surface area contributed by atoms with E-state index >= 15 is 0 Å². The van der Waals surface area contributed by atoms with Gasteiger partial charge in [0.15, 0.2) is 0 Å². The summed E-state index contributed by atoms with van der Waals surface area (Å²) in [5.74, 6) is 1.07. The van der Waals surface area contributed by atoms with Crippen LogP contribution in [-0.2, 0) is 40.5 Å². The molecular weight excluding hydrogens is 639 g/mol. The zero-order valence-electron chi connectivity index (χ0n) is 29.2. The molecule has 50 heavy (non-hydrogen) atoms. The van der Waals surface area contributed by atoms with Crippen LogP contribution >= 0.6 is 0 Å². The second-order valence-corrected chi connectivity index (χ2v) is 14.3. The molecule has 2 saturated heterocycles. The fourth-order valence-electron chi connectivity index (χ4n) is 6.62. The number of methoxy groups -OCH3 is 1. The number of hydrogen-bond donors (Lipinski definition) is 0. The predicted octanol–water partition coefficient (Wildman–Crippen LogP) is 6.27. The maximum Gasteiger partial charge on any atom is 0.338 e. The summed E-state index contributed by atoms with van der Waals surface area (Å²) >= 11 is 0. The van der Waals surface area contributed by atoms with Gasteiger partial charge in [-0.2, -0.15) is 5.10 Å². The molecule has 2 aromatic carbocycles. The molecule has 1 atom stereocenters. The van der Waals surface area contributed by atoms with Gasteiger partial charge in [-0.3, -0.25) is 9.58 Å². The predicted molar refractivity (Wildman–Crippen MR) is 187 cm³/mol. The van der Waals surface area contributed by atoms with Gasteiger partial charge in [0.05, 0.1) is 54.5 Å². The molecule has 0 bridgehead atoms. The van der Waals surface area contributed by atoms with Crippen molar-refractivity contribution in [2.45, 2.75) is 83.9 Å². The van der Waals surface area contributed by atoms with Gasteiger partial charge >= 0.3 is 5.97 Å². The Morgan fingerprint density at radius 3 is 2.60 bits per heavy atom. The minimum atomic E-state index is -0.571. The summed E-state index contributed by atoms with van der Waals surface area (Å²) in [6.45, 7) is 10.8. The van der Waals surface area contributed by atoms with Crippen molar-refractivity contribution in [2.75, 3.05) is 33.4 Å². The van der Waals surface area contributed by atoms with Gasteiger partial charge in [-0.05, 0) is 89.5 Å². The van der Waals surface area contributed by atoms with Gasteiger partial charge in [-0.1, -0.05) is 6.07 Å². The number of hydrogen-bond acceptors (Lipinski definition) is 9. The molecular formula is C38H45FN6O5. The fraction of sp³-hybridized carbons (Fsp3) is 0.474. The van der Waals surface area contributed by atoms with Crippen molar-refractivity contribution in [3.05, 3.63) is 83.2 Å². The van der Waals surface area contributed by atoms with Crippen LogP contribution in [0.4, 0.5) is 4.39 Å². The number of piperidine rings is 1. The number of ether oxygens (including phenoxy) is 4. The fourth-order valence-corrected chi connectivity index (χ4v) is 6.62. The van der Waals surface area contributed by atoms with E-state index in [4.69, 9.17) is 28.9 Å². The summed E-state index contributed by atoms with van der Waals surface area (Å²) in [6, 6.07) is 14.7. The van der Waals surface area contributed by atoms with Crippen molar-refractivity contribution >= 4 is 27.9 Å². The second kappa shape index (κ2) is 14.5. The number of aromatic nitrogens is 5. The highest BCUT2D eigenvalue weighted by Crippen LogP contribution is 2.30. The van der Waals surface area contributed by atoms with Crippen LogP contribution in [-0.4, -0.2) is 80.3 Å². The van der Waals surface area contributed by atoms with Gasteiger partial charge in [0.1, 0.15) is 23.8 Å². The standard InChI is InChI=1S/C38H45FN6O5/c1-38(2,3)50-37(46)26-8-9-32-34(20-26)45(22-29-12-16-48-29)35(40-32)23-43-13-10-25(11-14-43)31-6-5-7-36(41-31)49-24-28-19-33-27(18-30(28)39)21-44(42-33)15-17-47-4/h5-9,18-21,25,29H,10-17,22-24H2,1-4H3/t29-/m0/s1. The first-order chi connectivity index (χ1) is 24.1. The number of likely N-dealkylation sites (tertiary alicyclic amines) is 1. The lowest BCUT2D eigenvalue weighted by molar-refractivity contribution is -0.0592. The molecule has 11 nitrogen and oxygen atoms in total. The van der Waals surface area contributed by atoms with Crippen LogP contribution in [0.2, 0.25) is 0 Å². The molecule has 2 fully saturated rings. The molecule has 0 spiro atoms. The van der Waals surface area contributed by atoms with Crippen molar-refractivity contribution in [1.29, 1.82) is 0 Å². The minimum absolute atomic E-state index is 0.0633. The number of esters is 1. The Kier molecular flexibility index (Phi) is 9.85. The van der Waals surface area contributed by atoms with Crippen molar-refractivity contribution in [2.24, 2.45) is 0 Å². The van der Waals surface area contributed by atoms with Gasteiger partial charge in [0.2, 0.25) is 5.88 Å². The van der Waals surface area contributed by atoms with Crippen LogP contribution in [0.5, 0.6) is 5.88 Å². The lowest BCUT2D eigenvalue weighted by Crippen LogP contribution is -2.35. The monoisotopic (exact) mass is 684 g/mol. The van der Waals surface area contributed by atoms with Crippen molar-refractivity contribution in [3.8, 4) is 5.88 Å². The van der Waals surface area contributed by atoms with Crippen molar-refractivity contribution in [1.82, 2.24) is 29.2 Å². The molecule has 5 heterocycles. The quantitative estimate of drug-likeness (QED) is 0.141. The summed E-state index contributed by atoms with van der Waals surface area (Å²) in [5.41, 5.74) is 3.87. The Morgan fingerprint density at radius 2 is 1.86 bits per heavy atom. The number of pyridine rings is 1. The van der Waals surface area contributed by atoms with Crippen molar-refractivity contribution in [3.63, 3.8) is 0 Å². The van der Waals surface area contributed by atoms with E-state index in [1.807, 2.05) is 57.3 Å². The Morgan fingerprint density at radius 1 is 1.04 bits per heavy atom. The van der Waals surface area contributed by atoms with E-state index in [0.717, 1.165) is 66.9 Å². The highest BCUT2D eigenvalue weighted by atomic mass is 19.1. The van der Waals surface area contributed by atoms with Crippen LogP contribution in [0.15, 0.2) is 54.7 Å². The lowest BCUT2D eigenvalue weighted by atomic mass is 9.93. The summed E-state index contributed by atoms with van der Waals surface area (Å²) in [7, 11) is 1.64. The number of rotatable bonds is 12. The van der Waals surface area contributed by atoms with Crippen LogP contribution in [0.1, 0.15) is 73.4 Å². The van der Waals surface area contributed by atoms with Gasteiger partial charge < -0.3 is 23.5 Å². The number of halogens is 1. The average molecular weight is 685 g/mol. The summed E-state index contributed by atoms with van der Waals surface area (Å²) in [5, 5.41) is 5.28. The minimum Gasteiger partial charge on any atom is -0.473 e. The Balaban J connectivity index is 0.991. The Hall–Kier alpha value is -4.39. The zero-order chi connectivity index (χ0) is 34.8. The van der Waals surface area contributed by atoms with E-state index in [0.29, 0.717) is 48.8 Å². The number of carbonyl (C=O) groups is 1. The zero-order valence-corrected chi connectivity index (χ0v) is 29.2. The number of imidazole rings is 1. The SMILES string of the molecule is COCCn1cc2cc(F)c(COc3cccc(C4CCN(Cc5nc6ccc(C(=O)OC(C)(C)C)cc6n5C[C@@H]5CCO5)CC4)n3)cc2n1. The maximum absolute atomic E-state index is 14.9. The molecule has 2 aliphatic heterocycles. The lowest BCUT2D eigenvalue weighted by Gasteiger charge is -2.32. The number of fused-ring (bicyclic) bond motifs is 2. The molecule has 0 unspecified atom stereocenters. The molecule has 0 N–H and O–H groups in total. The Bertz CT molecular complexity index is 1970. The van der Waals surface area contributed by atoms with E-state index in [1.54, 1.807) is 23.9 Å². The first-order valence-corrected chi connectivity index (χ1v) is 17.4. The van der Waals surface area contributed by atoms with Crippen LogP contribution < -0.4 is 4.74 Å². The van der Waals surface area contributed by atoms with E-state index < -0.39 is 5.60 Å². The molecule has 3 aromatic heterocycles. The third kappa shape index (κ3) is 7.82. The largest absolute Gasteiger partial charge is 0.473 e. The molecule has 7 rings (SSSR count). The van der Waals surface area contributed by atoms with Crippen LogP contribution in [0.25, 0.3) is 21.9 Å². The normalized spacial score (nSPS) is 17.3. The average Bonchev–Trinajstić information content (AvgIpc) is 3.63. The van der Waals surface area contributed by atoms with Crippen molar-refractivity contribution < 1.29 is 28.1 Å². The highest BCUT2D eigenvalue weighted by molar-refractivity contribution is 5.94. The third-order valence-corrected chi connectivity index (χ3v) is 9.38. The molecule has 12 heteroatoms. The maximum atomic E-state index is 14.9. The van der Waals surface area contributed by atoms with Crippen LogP contribution in [0.3, 0.4) is 0 Å². The van der Waals surface area contributed by atoms with Gasteiger partial charge in [-0.15, -0.1) is 0 Å². The second-order valence-electron chi connectivity index (χ2n) is 14.3. The molecule has 0 radical (unpaired) electrons. The summed E-state index contributed by atoms with van der Waals surface area (Å²) < 4.78 is 41.5. The van der Waals surface area contributed by atoms with E-state index in [2.05, 4.69) is 14.6 Å². The Labute approximate surface area is 291 Å². The number of benzene rings is 2. The smallest absolute Gasteiger partial charge is 0.338 e. The third-order valence-electron chi connectivity index (χ3n) is 9.38. The van der Waals surface area contributed by atoms with E-state index in [-0.39, 0.29) is 30.4 Å². The molecule has 2 aliphatic rings.